The molecule has 0 aliphatic carbocycles. The van der Waals surface area contributed by atoms with E-state index in [1.54, 1.807) is 18.2 Å². The van der Waals surface area contributed by atoms with Gasteiger partial charge in [0, 0.05) is 6.54 Å². The van der Waals surface area contributed by atoms with Gasteiger partial charge in [-0.2, -0.15) is 5.26 Å². The number of nitrogens with zero attached hydrogens (tertiary/aromatic N) is 1. The monoisotopic (exact) mass is 450 g/mol. The molecule has 0 saturated heterocycles. The molecule has 0 heterocycles. The van der Waals surface area contributed by atoms with Gasteiger partial charge in [0.2, 0.25) is 0 Å². The predicted molar refractivity (Wildman–Crippen MR) is 126 cm³/mol. The van der Waals surface area contributed by atoms with E-state index >= 15 is 0 Å². The molecule has 1 amide bonds. The molecule has 0 fully saturated rings. The molecule has 0 unspecified atom stereocenters. The lowest BCUT2D eigenvalue weighted by atomic mass is 10.1. The fraction of sp³-hybridized carbons (Fsp3) is 0.346. The molecule has 174 valence electrons. The highest BCUT2D eigenvalue weighted by Gasteiger charge is 2.14. The average molecular weight is 451 g/mol. The van der Waals surface area contributed by atoms with Crippen LogP contribution in [-0.2, 0) is 9.59 Å². The zero-order valence-corrected chi connectivity index (χ0v) is 19.8. The van der Waals surface area contributed by atoms with Gasteiger partial charge in [0.05, 0.1) is 7.11 Å². The Labute approximate surface area is 195 Å². The maximum Gasteiger partial charge on any atom is 0.349 e. The van der Waals surface area contributed by atoms with Gasteiger partial charge in [-0.05, 0) is 73.7 Å². The first kappa shape index (κ1) is 25.5. The van der Waals surface area contributed by atoms with Crippen LogP contribution in [0, 0.1) is 32.1 Å². The van der Waals surface area contributed by atoms with Crippen LogP contribution < -0.4 is 19.5 Å². The number of hydrogen-bond acceptors (Lipinski definition) is 6. The Morgan fingerprint density at radius 1 is 1.09 bits per heavy atom. The number of methoxy groups -OCH3 is 1. The van der Waals surface area contributed by atoms with Gasteiger partial charge >= 0.3 is 5.97 Å². The summed E-state index contributed by atoms with van der Waals surface area (Å²) in [4.78, 5) is 24.5. The SMILES string of the molecule is CCCCNC(=O)/C(C#N)=C/c1ccc(OC(=O)COc2cc(C)cc(C)c2C)c(OC)c1. The molecular weight excluding hydrogens is 420 g/mol. The Morgan fingerprint density at radius 3 is 2.52 bits per heavy atom. The van der Waals surface area contributed by atoms with Crippen molar-refractivity contribution in [2.24, 2.45) is 0 Å². The van der Waals surface area contributed by atoms with Crippen molar-refractivity contribution in [1.82, 2.24) is 5.32 Å². The van der Waals surface area contributed by atoms with Crippen LogP contribution in [0.5, 0.6) is 17.2 Å². The summed E-state index contributed by atoms with van der Waals surface area (Å²) in [5, 5.41) is 12.0. The third-order valence-corrected chi connectivity index (χ3v) is 5.01. The first-order valence-electron chi connectivity index (χ1n) is 10.8. The van der Waals surface area contributed by atoms with E-state index in [4.69, 9.17) is 14.2 Å². The van der Waals surface area contributed by atoms with E-state index in [1.807, 2.05) is 45.9 Å². The molecule has 0 aromatic heterocycles. The number of hydrogen-bond donors (Lipinski definition) is 1. The number of nitriles is 1. The van der Waals surface area contributed by atoms with Crippen molar-refractivity contribution in [2.45, 2.75) is 40.5 Å². The number of ether oxygens (including phenoxy) is 3. The summed E-state index contributed by atoms with van der Waals surface area (Å²) in [6.45, 7) is 8.15. The minimum absolute atomic E-state index is 0.0184. The van der Waals surface area contributed by atoms with Crippen molar-refractivity contribution < 1.29 is 23.8 Å². The van der Waals surface area contributed by atoms with Crippen molar-refractivity contribution in [3.05, 3.63) is 58.2 Å². The normalized spacial score (nSPS) is 10.8. The lowest BCUT2D eigenvalue weighted by molar-refractivity contribution is -0.136. The largest absolute Gasteiger partial charge is 0.493 e. The number of benzene rings is 2. The Bertz CT molecular complexity index is 1080. The van der Waals surface area contributed by atoms with E-state index in [2.05, 4.69) is 5.32 Å². The van der Waals surface area contributed by atoms with Crippen LogP contribution in [0.2, 0.25) is 0 Å². The molecule has 0 aliphatic rings. The van der Waals surface area contributed by atoms with Crippen molar-refractivity contribution >= 4 is 18.0 Å². The molecule has 7 nitrogen and oxygen atoms in total. The van der Waals surface area contributed by atoms with Crippen LogP contribution in [0.25, 0.3) is 6.08 Å². The van der Waals surface area contributed by atoms with Crippen molar-refractivity contribution in [2.75, 3.05) is 20.3 Å². The van der Waals surface area contributed by atoms with E-state index < -0.39 is 11.9 Å². The van der Waals surface area contributed by atoms with E-state index in [0.717, 1.165) is 29.5 Å². The van der Waals surface area contributed by atoms with Gasteiger partial charge in [0.15, 0.2) is 18.1 Å². The number of unbranched alkanes of at least 4 members (excludes halogenated alkanes) is 1. The van der Waals surface area contributed by atoms with Gasteiger partial charge in [0.25, 0.3) is 5.91 Å². The van der Waals surface area contributed by atoms with Crippen molar-refractivity contribution in [3.8, 4) is 23.3 Å². The highest BCUT2D eigenvalue weighted by atomic mass is 16.6. The highest BCUT2D eigenvalue weighted by Crippen LogP contribution is 2.29. The van der Waals surface area contributed by atoms with E-state index in [9.17, 15) is 14.9 Å². The molecule has 2 rings (SSSR count). The lowest BCUT2D eigenvalue weighted by Gasteiger charge is -2.13. The Hall–Kier alpha value is -3.79. The van der Waals surface area contributed by atoms with Gasteiger partial charge in [0.1, 0.15) is 17.4 Å². The summed E-state index contributed by atoms with van der Waals surface area (Å²) in [6, 6.07) is 10.6. The standard InChI is InChI=1S/C26H30N2O5/c1-6-7-10-28-26(30)21(15-27)13-20-8-9-22(24(14-20)31-5)33-25(29)16-32-23-12-17(2)11-18(3)19(23)4/h8-9,11-14H,6-7,10,16H2,1-5H3,(H,28,30)/b21-13+. The second kappa shape index (κ2) is 12.3. The molecule has 1 N–H and O–H groups in total. The number of carbonyl (C=O) groups excluding carboxylic acids is 2. The maximum absolute atomic E-state index is 12.3. The van der Waals surface area contributed by atoms with Gasteiger partial charge in [-0.3, -0.25) is 4.79 Å². The maximum atomic E-state index is 12.3. The van der Waals surface area contributed by atoms with E-state index in [0.29, 0.717) is 23.6 Å². The Morgan fingerprint density at radius 2 is 1.85 bits per heavy atom. The number of esters is 1. The summed E-state index contributed by atoms with van der Waals surface area (Å²) in [5.74, 6) is 0.134. The van der Waals surface area contributed by atoms with Crippen LogP contribution in [0.4, 0.5) is 0 Å². The molecule has 0 saturated carbocycles. The van der Waals surface area contributed by atoms with Crippen molar-refractivity contribution in [1.29, 1.82) is 5.26 Å². The number of nitrogens with one attached hydrogen (secondary N) is 1. The summed E-state index contributed by atoms with van der Waals surface area (Å²) in [6.07, 6.45) is 3.24. The molecule has 0 atom stereocenters. The summed E-state index contributed by atoms with van der Waals surface area (Å²) < 4.78 is 16.4. The summed E-state index contributed by atoms with van der Waals surface area (Å²) in [5.41, 5.74) is 3.64. The fourth-order valence-corrected chi connectivity index (χ4v) is 3.09. The quantitative estimate of drug-likeness (QED) is 0.189. The zero-order valence-electron chi connectivity index (χ0n) is 19.8. The first-order chi connectivity index (χ1) is 15.8. The number of rotatable bonds is 10. The van der Waals surface area contributed by atoms with Crippen LogP contribution >= 0.6 is 0 Å². The Kier molecular flexibility index (Phi) is 9.49. The number of amides is 1. The number of aryl methyl sites for hydroxylation is 2. The van der Waals surface area contributed by atoms with Crippen molar-refractivity contribution in [3.63, 3.8) is 0 Å². The Balaban J connectivity index is 2.09. The molecule has 2 aromatic rings. The smallest absolute Gasteiger partial charge is 0.349 e. The van der Waals surface area contributed by atoms with E-state index in [-0.39, 0.29) is 17.9 Å². The second-order valence-electron chi connectivity index (χ2n) is 7.66. The second-order valence-corrected chi connectivity index (χ2v) is 7.66. The highest BCUT2D eigenvalue weighted by molar-refractivity contribution is 6.01. The molecule has 0 radical (unpaired) electrons. The van der Waals surface area contributed by atoms with Crippen LogP contribution in [-0.4, -0.2) is 32.1 Å². The topological polar surface area (TPSA) is 97.7 Å². The summed E-state index contributed by atoms with van der Waals surface area (Å²) >= 11 is 0. The first-order valence-corrected chi connectivity index (χ1v) is 10.8. The van der Waals surface area contributed by atoms with Gasteiger partial charge in [-0.25, -0.2) is 4.79 Å². The zero-order chi connectivity index (χ0) is 24.4. The predicted octanol–water partition coefficient (Wildman–Crippen LogP) is 4.43. The minimum atomic E-state index is -0.580. The molecule has 7 heteroatoms. The molecule has 33 heavy (non-hydrogen) atoms. The minimum Gasteiger partial charge on any atom is -0.493 e. The molecular formula is C26H30N2O5. The van der Waals surface area contributed by atoms with E-state index in [1.165, 1.54) is 13.2 Å². The average Bonchev–Trinajstić information content (AvgIpc) is 2.79. The van der Waals surface area contributed by atoms with Gasteiger partial charge in [-0.15, -0.1) is 0 Å². The lowest BCUT2D eigenvalue weighted by Crippen LogP contribution is -2.25. The van der Waals surface area contributed by atoms with Gasteiger partial charge < -0.3 is 19.5 Å². The molecule has 0 spiro atoms. The number of carbonyl (C=O) groups is 2. The fourth-order valence-electron chi connectivity index (χ4n) is 3.09. The van der Waals surface area contributed by atoms with Crippen LogP contribution in [0.3, 0.4) is 0 Å². The van der Waals surface area contributed by atoms with Crippen LogP contribution in [0.15, 0.2) is 35.9 Å². The third kappa shape index (κ3) is 7.39. The van der Waals surface area contributed by atoms with Gasteiger partial charge in [-0.1, -0.05) is 25.5 Å². The summed E-state index contributed by atoms with van der Waals surface area (Å²) in [7, 11) is 1.44. The van der Waals surface area contributed by atoms with Crippen LogP contribution in [0.1, 0.15) is 42.0 Å². The molecule has 0 bridgehead atoms. The molecule has 0 aliphatic heterocycles. The molecule has 2 aromatic carbocycles. The third-order valence-electron chi connectivity index (χ3n) is 5.01.